The highest BCUT2D eigenvalue weighted by Crippen LogP contribution is 2.37. The molecule has 2 aromatic heterocycles. The van der Waals surface area contributed by atoms with Gasteiger partial charge in [-0.15, -0.1) is 0 Å². The number of aromatic nitrogens is 1. The van der Waals surface area contributed by atoms with Gasteiger partial charge in [0, 0.05) is 27.2 Å². The minimum atomic E-state index is -0.866. The number of benzene rings is 2. The standard InChI is InChI=1S/C27H19Cl3N2O5S/c1-13-23(26(34)36-3)24(18-10-14(28)5-8-20(18)35-2)32-25(33)22(38-27(32)31-13)12-16-6-9-21(37-16)17-7-4-15(29)11-19(17)30/h4-12,24H,1-3H3/b22-12-/t24-/m0/s1. The molecule has 0 aliphatic carbocycles. The van der Waals surface area contributed by atoms with E-state index in [2.05, 4.69) is 4.99 Å². The van der Waals surface area contributed by atoms with Gasteiger partial charge in [-0.2, -0.15) is 0 Å². The van der Waals surface area contributed by atoms with E-state index in [0.29, 0.717) is 58.5 Å². The molecule has 2 aromatic carbocycles. The van der Waals surface area contributed by atoms with Gasteiger partial charge in [0.05, 0.1) is 35.0 Å². The van der Waals surface area contributed by atoms with Crippen molar-refractivity contribution in [3.63, 3.8) is 0 Å². The van der Waals surface area contributed by atoms with Crippen LogP contribution in [0.2, 0.25) is 15.1 Å². The lowest BCUT2D eigenvalue weighted by molar-refractivity contribution is -0.136. The van der Waals surface area contributed by atoms with Crippen LogP contribution in [-0.2, 0) is 9.53 Å². The Labute approximate surface area is 235 Å². The van der Waals surface area contributed by atoms with E-state index < -0.39 is 12.0 Å². The van der Waals surface area contributed by atoms with Crippen molar-refractivity contribution >= 4 is 58.2 Å². The number of methoxy groups -OCH3 is 2. The summed E-state index contributed by atoms with van der Waals surface area (Å²) in [6.45, 7) is 1.70. The Balaban J connectivity index is 1.68. The number of ether oxygens (including phenoxy) is 2. The molecular formula is C27H19Cl3N2O5S. The Morgan fingerprint density at radius 2 is 1.82 bits per heavy atom. The maximum Gasteiger partial charge on any atom is 0.338 e. The van der Waals surface area contributed by atoms with Crippen LogP contribution in [0.15, 0.2) is 74.0 Å². The molecule has 0 spiro atoms. The highest BCUT2D eigenvalue weighted by molar-refractivity contribution is 7.07. The molecule has 5 rings (SSSR count). The molecule has 4 aromatic rings. The highest BCUT2D eigenvalue weighted by atomic mass is 35.5. The lowest BCUT2D eigenvalue weighted by Crippen LogP contribution is -2.40. The molecule has 38 heavy (non-hydrogen) atoms. The Bertz CT molecular complexity index is 1800. The zero-order chi connectivity index (χ0) is 27.1. The first-order valence-electron chi connectivity index (χ1n) is 11.2. The largest absolute Gasteiger partial charge is 0.496 e. The second-order valence-electron chi connectivity index (χ2n) is 8.29. The summed E-state index contributed by atoms with van der Waals surface area (Å²) in [5.74, 6) is 0.816. The molecule has 0 N–H and O–H groups in total. The van der Waals surface area contributed by atoms with Gasteiger partial charge >= 0.3 is 5.97 Å². The van der Waals surface area contributed by atoms with Crippen LogP contribution < -0.4 is 19.6 Å². The molecule has 0 radical (unpaired) electrons. The molecule has 11 heteroatoms. The average molecular weight is 590 g/mol. The van der Waals surface area contributed by atoms with Crippen LogP contribution in [0, 0.1) is 0 Å². The molecule has 0 bridgehead atoms. The number of esters is 1. The van der Waals surface area contributed by atoms with Crippen molar-refractivity contribution in [2.24, 2.45) is 4.99 Å². The van der Waals surface area contributed by atoms with Crippen molar-refractivity contribution < 1.29 is 18.7 Å². The number of nitrogens with zero attached hydrogens (tertiary/aromatic N) is 2. The van der Waals surface area contributed by atoms with Gasteiger partial charge in [0.25, 0.3) is 5.56 Å². The number of hydrogen-bond acceptors (Lipinski definition) is 7. The van der Waals surface area contributed by atoms with E-state index in [-0.39, 0.29) is 11.1 Å². The van der Waals surface area contributed by atoms with Gasteiger partial charge in [-0.25, -0.2) is 9.79 Å². The van der Waals surface area contributed by atoms with E-state index in [1.165, 1.54) is 30.1 Å². The fraction of sp³-hybridized carbons (Fsp3) is 0.148. The smallest absolute Gasteiger partial charge is 0.338 e. The minimum absolute atomic E-state index is 0.213. The molecule has 194 valence electrons. The number of halogens is 3. The molecular weight excluding hydrogens is 571 g/mol. The number of hydrogen-bond donors (Lipinski definition) is 0. The quantitative estimate of drug-likeness (QED) is 0.282. The summed E-state index contributed by atoms with van der Waals surface area (Å²) in [6.07, 6.45) is 1.63. The van der Waals surface area contributed by atoms with E-state index in [4.69, 9.17) is 48.7 Å². The summed E-state index contributed by atoms with van der Waals surface area (Å²) in [4.78, 5) is 31.6. The van der Waals surface area contributed by atoms with Gasteiger partial charge in [0.1, 0.15) is 23.3 Å². The molecule has 1 aliphatic heterocycles. The number of thiazole rings is 1. The third-order valence-corrected chi connectivity index (χ3v) is 7.78. The summed E-state index contributed by atoms with van der Waals surface area (Å²) in [7, 11) is 2.79. The molecule has 1 aliphatic rings. The van der Waals surface area contributed by atoms with Crippen LogP contribution >= 0.6 is 46.1 Å². The maximum absolute atomic E-state index is 13.8. The number of allylic oxidation sites excluding steroid dienone is 1. The lowest BCUT2D eigenvalue weighted by Gasteiger charge is -2.25. The van der Waals surface area contributed by atoms with E-state index in [0.717, 1.165) is 0 Å². The van der Waals surface area contributed by atoms with Gasteiger partial charge in [0.2, 0.25) is 0 Å². The number of carbonyl (C=O) groups is 1. The van der Waals surface area contributed by atoms with Crippen LogP contribution in [0.3, 0.4) is 0 Å². The van der Waals surface area contributed by atoms with E-state index in [1.807, 2.05) is 0 Å². The fourth-order valence-corrected chi connectivity index (χ4v) is 6.01. The second kappa shape index (κ2) is 10.5. The summed E-state index contributed by atoms with van der Waals surface area (Å²) in [6, 6.07) is 12.8. The highest BCUT2D eigenvalue weighted by Gasteiger charge is 2.35. The molecule has 3 heterocycles. The molecule has 0 saturated heterocycles. The lowest BCUT2D eigenvalue weighted by atomic mass is 9.95. The topological polar surface area (TPSA) is 83.0 Å². The third-order valence-electron chi connectivity index (χ3n) is 6.01. The van der Waals surface area contributed by atoms with Gasteiger partial charge in [-0.3, -0.25) is 9.36 Å². The number of rotatable bonds is 5. The molecule has 0 unspecified atom stereocenters. The van der Waals surface area contributed by atoms with E-state index in [1.54, 1.807) is 61.5 Å². The van der Waals surface area contributed by atoms with Crippen LogP contribution in [0.4, 0.5) is 0 Å². The Kier molecular flexibility index (Phi) is 7.24. The summed E-state index contributed by atoms with van der Waals surface area (Å²) in [5.41, 5.74) is 1.47. The number of fused-ring (bicyclic) bond motifs is 1. The minimum Gasteiger partial charge on any atom is -0.496 e. The predicted molar refractivity (Wildman–Crippen MR) is 148 cm³/mol. The first-order valence-corrected chi connectivity index (χ1v) is 13.2. The Morgan fingerprint density at radius 1 is 1.08 bits per heavy atom. The third kappa shape index (κ3) is 4.69. The van der Waals surface area contributed by atoms with Crippen molar-refractivity contribution in [1.29, 1.82) is 0 Å². The van der Waals surface area contributed by atoms with Gasteiger partial charge in [0.15, 0.2) is 4.80 Å². The van der Waals surface area contributed by atoms with Crippen molar-refractivity contribution in [1.82, 2.24) is 4.57 Å². The van der Waals surface area contributed by atoms with E-state index in [9.17, 15) is 9.59 Å². The summed E-state index contributed by atoms with van der Waals surface area (Å²) >= 11 is 19.8. The van der Waals surface area contributed by atoms with Gasteiger partial charge < -0.3 is 13.9 Å². The number of carbonyl (C=O) groups excluding carboxylic acids is 1. The van der Waals surface area contributed by atoms with Crippen LogP contribution in [0.25, 0.3) is 17.4 Å². The summed E-state index contributed by atoms with van der Waals surface area (Å²) in [5, 5.41) is 1.38. The zero-order valence-electron chi connectivity index (χ0n) is 20.3. The molecule has 1 atom stereocenters. The fourth-order valence-electron chi connectivity index (χ4n) is 4.30. The summed E-state index contributed by atoms with van der Waals surface area (Å²) < 4.78 is 18.4. The van der Waals surface area contributed by atoms with Crippen molar-refractivity contribution in [3.8, 4) is 17.1 Å². The second-order valence-corrected chi connectivity index (χ2v) is 10.6. The normalized spacial score (nSPS) is 15.3. The van der Waals surface area contributed by atoms with Gasteiger partial charge in [-0.1, -0.05) is 46.1 Å². The van der Waals surface area contributed by atoms with Crippen molar-refractivity contribution in [2.75, 3.05) is 14.2 Å². The van der Waals surface area contributed by atoms with Crippen LogP contribution in [-0.4, -0.2) is 24.8 Å². The van der Waals surface area contributed by atoms with E-state index >= 15 is 0 Å². The number of furan rings is 1. The Hall–Kier alpha value is -3.30. The average Bonchev–Trinajstić information content (AvgIpc) is 3.47. The van der Waals surface area contributed by atoms with Crippen molar-refractivity contribution in [2.45, 2.75) is 13.0 Å². The van der Waals surface area contributed by atoms with Crippen molar-refractivity contribution in [3.05, 3.63) is 106 Å². The maximum atomic E-state index is 13.8. The first-order chi connectivity index (χ1) is 18.2. The van der Waals surface area contributed by atoms with Crippen LogP contribution in [0.5, 0.6) is 5.75 Å². The molecule has 7 nitrogen and oxygen atoms in total. The molecule has 0 amide bonds. The van der Waals surface area contributed by atoms with Crippen LogP contribution in [0.1, 0.15) is 24.3 Å². The molecule has 0 saturated carbocycles. The predicted octanol–water partition coefficient (Wildman–Crippen LogP) is 5.64. The monoisotopic (exact) mass is 588 g/mol. The zero-order valence-corrected chi connectivity index (χ0v) is 23.3. The SMILES string of the molecule is COC(=O)C1=C(C)N=c2s/c(=C\c3ccc(-c4ccc(Cl)cc4Cl)o3)c(=O)n2[C@H]1c1cc(Cl)ccc1OC. The Morgan fingerprint density at radius 3 is 2.53 bits per heavy atom. The molecule has 0 fully saturated rings. The first kappa shape index (κ1) is 26.3. The van der Waals surface area contributed by atoms with Gasteiger partial charge in [-0.05, 0) is 55.5 Å².